The maximum Gasteiger partial charge on any atom is 0.416 e. The van der Waals surface area contributed by atoms with Gasteiger partial charge >= 0.3 is 6.18 Å². The van der Waals surface area contributed by atoms with Crippen LogP contribution in [0.2, 0.25) is 0 Å². The Hall–Kier alpha value is -1.60. The van der Waals surface area contributed by atoms with Crippen LogP contribution >= 0.6 is 0 Å². The van der Waals surface area contributed by atoms with E-state index in [1.54, 1.807) is 25.1 Å². The second-order valence-corrected chi connectivity index (χ2v) is 5.87. The number of amides is 1. The van der Waals surface area contributed by atoms with Crippen molar-refractivity contribution in [3.05, 3.63) is 35.4 Å². The fraction of sp³-hybridized carbons (Fsp3) is 0.533. The molecule has 1 aromatic carbocycles. The van der Waals surface area contributed by atoms with Crippen molar-refractivity contribution in [3.8, 4) is 0 Å². The fourth-order valence-electron chi connectivity index (χ4n) is 1.93. The Morgan fingerprint density at radius 3 is 2.36 bits per heavy atom. The van der Waals surface area contributed by atoms with Gasteiger partial charge in [0, 0.05) is 6.54 Å². The highest BCUT2D eigenvalue weighted by atomic mass is 19.4. The standard InChI is InChI=1S/C15H21F3N2O2/c1-14(2,22)13(21)19-9-12(20(3)4)10-6-5-7-11(8-10)15(16,17)18/h5-8,12,22H,9H2,1-4H3,(H,19,21)/t12-/m1/s1. The molecule has 0 aliphatic carbocycles. The van der Waals surface area contributed by atoms with Crippen LogP contribution in [0.3, 0.4) is 0 Å². The third-order valence-electron chi connectivity index (χ3n) is 3.23. The lowest BCUT2D eigenvalue weighted by Crippen LogP contribution is -2.45. The number of carbonyl (C=O) groups excluding carboxylic acids is 1. The Morgan fingerprint density at radius 1 is 1.32 bits per heavy atom. The van der Waals surface area contributed by atoms with E-state index in [2.05, 4.69) is 5.32 Å². The summed E-state index contributed by atoms with van der Waals surface area (Å²) >= 11 is 0. The molecule has 0 saturated carbocycles. The number of hydrogen-bond acceptors (Lipinski definition) is 3. The maximum atomic E-state index is 12.8. The molecule has 1 aromatic rings. The molecule has 0 saturated heterocycles. The first kappa shape index (κ1) is 18.4. The molecule has 0 spiro atoms. The van der Waals surface area contributed by atoms with Gasteiger partial charge in [-0.1, -0.05) is 12.1 Å². The van der Waals surface area contributed by atoms with Gasteiger partial charge in [-0.15, -0.1) is 0 Å². The summed E-state index contributed by atoms with van der Waals surface area (Å²) in [5, 5.41) is 12.1. The van der Waals surface area contributed by atoms with Crippen molar-refractivity contribution in [1.82, 2.24) is 10.2 Å². The van der Waals surface area contributed by atoms with Crippen LogP contribution in [0, 0.1) is 0 Å². The Bertz CT molecular complexity index is 522. The first-order valence-electron chi connectivity index (χ1n) is 6.77. The van der Waals surface area contributed by atoms with E-state index in [0.29, 0.717) is 5.56 Å². The van der Waals surface area contributed by atoms with E-state index in [0.717, 1.165) is 12.1 Å². The second-order valence-electron chi connectivity index (χ2n) is 5.87. The molecule has 2 N–H and O–H groups in total. The molecule has 0 aliphatic rings. The molecule has 124 valence electrons. The normalized spacial score (nSPS) is 14.0. The molecule has 1 atom stereocenters. The van der Waals surface area contributed by atoms with E-state index in [1.807, 2.05) is 0 Å². The van der Waals surface area contributed by atoms with Crippen LogP contribution in [-0.4, -0.2) is 42.2 Å². The highest BCUT2D eigenvalue weighted by molar-refractivity contribution is 5.83. The third-order valence-corrected chi connectivity index (χ3v) is 3.23. The van der Waals surface area contributed by atoms with Gasteiger partial charge in [-0.05, 0) is 45.6 Å². The number of aliphatic hydroxyl groups is 1. The van der Waals surface area contributed by atoms with E-state index in [-0.39, 0.29) is 6.54 Å². The van der Waals surface area contributed by atoms with E-state index < -0.39 is 29.3 Å². The maximum absolute atomic E-state index is 12.8. The first-order valence-corrected chi connectivity index (χ1v) is 6.77. The van der Waals surface area contributed by atoms with Crippen LogP contribution in [0.1, 0.15) is 31.0 Å². The Balaban J connectivity index is 2.95. The van der Waals surface area contributed by atoms with Gasteiger partial charge in [-0.25, -0.2) is 0 Å². The zero-order valence-corrected chi connectivity index (χ0v) is 13.0. The lowest BCUT2D eigenvalue weighted by Gasteiger charge is -2.27. The van der Waals surface area contributed by atoms with Gasteiger partial charge in [0.25, 0.3) is 5.91 Å². The average molecular weight is 318 g/mol. The second kappa shape index (κ2) is 6.66. The highest BCUT2D eigenvalue weighted by Crippen LogP contribution is 2.31. The van der Waals surface area contributed by atoms with Crippen LogP contribution in [0.15, 0.2) is 24.3 Å². The van der Waals surface area contributed by atoms with Crippen molar-refractivity contribution in [3.63, 3.8) is 0 Å². The largest absolute Gasteiger partial charge is 0.416 e. The van der Waals surface area contributed by atoms with Crippen molar-refractivity contribution in [2.45, 2.75) is 31.7 Å². The van der Waals surface area contributed by atoms with Gasteiger partial charge in [0.2, 0.25) is 0 Å². The molecule has 0 aliphatic heterocycles. The van der Waals surface area contributed by atoms with Gasteiger partial charge in [-0.3, -0.25) is 4.79 Å². The van der Waals surface area contributed by atoms with Gasteiger partial charge < -0.3 is 15.3 Å². The molecule has 22 heavy (non-hydrogen) atoms. The number of halogens is 3. The quantitative estimate of drug-likeness (QED) is 0.875. The fourth-order valence-corrected chi connectivity index (χ4v) is 1.93. The summed E-state index contributed by atoms with van der Waals surface area (Å²) in [4.78, 5) is 13.4. The van der Waals surface area contributed by atoms with E-state index >= 15 is 0 Å². The predicted octanol–water partition coefficient (Wildman–Crippen LogP) is 2.20. The van der Waals surface area contributed by atoms with E-state index in [4.69, 9.17) is 0 Å². The molecule has 0 heterocycles. The summed E-state index contributed by atoms with van der Waals surface area (Å²) < 4.78 is 38.4. The Kier molecular flexibility index (Phi) is 5.59. The summed E-state index contributed by atoms with van der Waals surface area (Å²) in [5.74, 6) is -0.577. The zero-order valence-electron chi connectivity index (χ0n) is 13.0. The molecule has 7 heteroatoms. The number of nitrogens with zero attached hydrogens (tertiary/aromatic N) is 1. The Labute approximate surface area is 127 Å². The number of benzene rings is 1. The number of nitrogens with one attached hydrogen (secondary N) is 1. The number of alkyl halides is 3. The SMILES string of the molecule is CN(C)[C@H](CNC(=O)C(C)(C)O)c1cccc(C(F)(F)F)c1. The first-order chi connectivity index (χ1) is 9.93. The molecule has 0 unspecified atom stereocenters. The van der Waals surface area contributed by atoms with Crippen LogP contribution < -0.4 is 5.32 Å². The number of rotatable bonds is 5. The van der Waals surface area contributed by atoms with Crippen molar-refractivity contribution in [1.29, 1.82) is 0 Å². The van der Waals surface area contributed by atoms with E-state index in [9.17, 15) is 23.1 Å². The van der Waals surface area contributed by atoms with Gasteiger partial charge in [-0.2, -0.15) is 13.2 Å². The molecule has 4 nitrogen and oxygen atoms in total. The lowest BCUT2D eigenvalue weighted by atomic mass is 10.0. The van der Waals surface area contributed by atoms with Crippen LogP contribution in [0.25, 0.3) is 0 Å². The van der Waals surface area contributed by atoms with Crippen LogP contribution in [-0.2, 0) is 11.0 Å². The van der Waals surface area contributed by atoms with Crippen LogP contribution in [0.5, 0.6) is 0 Å². The van der Waals surface area contributed by atoms with Crippen molar-refractivity contribution < 1.29 is 23.1 Å². The Morgan fingerprint density at radius 2 is 1.91 bits per heavy atom. The van der Waals surface area contributed by atoms with Crippen LogP contribution in [0.4, 0.5) is 13.2 Å². The van der Waals surface area contributed by atoms with Crippen molar-refractivity contribution >= 4 is 5.91 Å². The minimum atomic E-state index is -4.41. The molecule has 0 fully saturated rings. The van der Waals surface area contributed by atoms with Gasteiger partial charge in [0.1, 0.15) is 5.60 Å². The summed E-state index contributed by atoms with van der Waals surface area (Å²) in [6.07, 6.45) is -4.41. The third kappa shape index (κ3) is 4.99. The highest BCUT2D eigenvalue weighted by Gasteiger charge is 2.31. The van der Waals surface area contributed by atoms with Gasteiger partial charge in [0.05, 0.1) is 11.6 Å². The molecule has 0 bridgehead atoms. The molecule has 0 radical (unpaired) electrons. The lowest BCUT2D eigenvalue weighted by molar-refractivity contribution is -0.138. The predicted molar refractivity (Wildman–Crippen MR) is 77.2 cm³/mol. The summed E-state index contributed by atoms with van der Waals surface area (Å²) in [5.41, 5.74) is -1.83. The monoisotopic (exact) mass is 318 g/mol. The van der Waals surface area contributed by atoms with Crippen molar-refractivity contribution in [2.24, 2.45) is 0 Å². The number of carbonyl (C=O) groups is 1. The summed E-state index contributed by atoms with van der Waals surface area (Å²) in [6.45, 7) is 2.78. The minimum absolute atomic E-state index is 0.0944. The molecule has 1 amide bonds. The summed E-state index contributed by atoms with van der Waals surface area (Å²) in [7, 11) is 3.42. The topological polar surface area (TPSA) is 52.6 Å². The van der Waals surface area contributed by atoms with E-state index in [1.165, 1.54) is 19.9 Å². The average Bonchev–Trinajstić information content (AvgIpc) is 2.36. The number of likely N-dealkylation sites (N-methyl/N-ethyl adjacent to an activating group) is 1. The molecular formula is C15H21F3N2O2. The molecule has 0 aromatic heterocycles. The molecule has 1 rings (SSSR count). The number of hydrogen-bond donors (Lipinski definition) is 2. The van der Waals surface area contributed by atoms with Gasteiger partial charge in [0.15, 0.2) is 0 Å². The van der Waals surface area contributed by atoms with Crippen molar-refractivity contribution in [2.75, 3.05) is 20.6 Å². The smallest absolute Gasteiger partial charge is 0.381 e. The molecular weight excluding hydrogens is 297 g/mol. The zero-order chi connectivity index (χ0) is 17.1. The summed E-state index contributed by atoms with van der Waals surface area (Å²) in [6, 6.07) is 4.56. The minimum Gasteiger partial charge on any atom is -0.381 e.